The van der Waals surface area contributed by atoms with Crippen molar-refractivity contribution in [3.8, 4) is 0 Å². The number of hydrogen-bond acceptors (Lipinski definition) is 9. The Morgan fingerprint density at radius 2 is 0.421 bits per heavy atom. The maximum Gasteiger partial charge on any atom is 3.00 e. The summed E-state index contributed by atoms with van der Waals surface area (Å²) in [5.41, 5.74) is 0. The summed E-state index contributed by atoms with van der Waals surface area (Å²) in [7, 11) is 0. The van der Waals surface area contributed by atoms with Gasteiger partial charge in [-0.25, -0.2) is 0 Å². The topological polar surface area (TPSA) is 388 Å². The minimum atomic E-state index is -1.75. The van der Waals surface area contributed by atoms with Crippen molar-refractivity contribution in [2.24, 2.45) is 0 Å². The standard InChI is InChI=1S/3NO3.6H2O.Pr/c3*2-1(3)4;;;;;;;/h;;;6*1H2;/q3*-1;;;;;;;+3. The van der Waals surface area contributed by atoms with Gasteiger partial charge in [-0.2, -0.15) is 0 Å². The van der Waals surface area contributed by atoms with Gasteiger partial charge in [-0.1, -0.05) is 0 Å². The Kier molecular flexibility index (Phi) is 303. The molecule has 0 atom stereocenters. The molecule has 0 heterocycles. The van der Waals surface area contributed by atoms with Gasteiger partial charge in [0.05, 0.1) is 15.3 Å². The van der Waals surface area contributed by atoms with Gasteiger partial charge in [-0.05, 0) is 0 Å². The fraction of sp³-hybridized carbons (Fsp3) is 0. The first-order chi connectivity index (χ1) is 5.20. The third-order valence-electron chi connectivity index (χ3n) is 0. The van der Waals surface area contributed by atoms with Crippen LogP contribution in [0.5, 0.6) is 0 Å². The molecule has 0 bridgehead atoms. The zero-order valence-corrected chi connectivity index (χ0v) is 12.3. The second-order valence-corrected chi connectivity index (χ2v) is 0.671. The summed E-state index contributed by atoms with van der Waals surface area (Å²) in [6.45, 7) is 0. The van der Waals surface area contributed by atoms with Crippen LogP contribution >= 0.6 is 0 Å². The van der Waals surface area contributed by atoms with Gasteiger partial charge in [0.15, 0.2) is 0 Å². The van der Waals surface area contributed by atoms with E-state index in [0.29, 0.717) is 0 Å². The SMILES string of the molecule is O.O.O.O.O.O.O=[N+]([O-])[O-].O=[N+]([O-])[O-].O=[N+]([O-])[O-].[Pr+3]. The minimum absolute atomic E-state index is 0. The third-order valence-corrected chi connectivity index (χ3v) is 0. The Morgan fingerprint density at radius 3 is 0.421 bits per heavy atom. The van der Waals surface area contributed by atoms with E-state index in [1.54, 1.807) is 0 Å². The second-order valence-electron chi connectivity index (χ2n) is 0.671. The fourth-order valence-corrected chi connectivity index (χ4v) is 0. The molecule has 0 radical (unpaired) electrons. The van der Waals surface area contributed by atoms with Crippen LogP contribution < -0.4 is 0 Å². The first-order valence-corrected chi connectivity index (χ1v) is 1.64. The third kappa shape index (κ3) is 2230. The molecular weight excluding hydrogens is 423 g/mol. The van der Waals surface area contributed by atoms with Crippen LogP contribution in [0.1, 0.15) is 0 Å². The fourth-order valence-electron chi connectivity index (χ4n) is 0. The molecule has 0 saturated heterocycles. The van der Waals surface area contributed by atoms with Gasteiger partial charge in [0, 0.05) is 0 Å². The van der Waals surface area contributed by atoms with E-state index >= 15 is 0 Å². The van der Waals surface area contributed by atoms with Crippen LogP contribution in [0.25, 0.3) is 0 Å². The average Bonchev–Trinajstić information content (AvgIpc) is 1.54. The minimum Gasteiger partial charge on any atom is -0.412 e. The van der Waals surface area contributed by atoms with Crippen molar-refractivity contribution in [1.82, 2.24) is 0 Å². The van der Waals surface area contributed by atoms with Crippen LogP contribution in [-0.2, 0) is 0 Å². The summed E-state index contributed by atoms with van der Waals surface area (Å²) in [5.74, 6) is 0. The van der Waals surface area contributed by atoms with Crippen LogP contribution in [0, 0.1) is 87.3 Å². The van der Waals surface area contributed by atoms with Gasteiger partial charge < -0.3 is 78.8 Å². The van der Waals surface area contributed by atoms with E-state index in [1.165, 1.54) is 0 Å². The Balaban J connectivity index is -0.00000000675. The Bertz CT molecular complexity index is 115. The van der Waals surface area contributed by atoms with E-state index in [1.807, 2.05) is 0 Å². The van der Waals surface area contributed by atoms with Crippen LogP contribution in [0.2, 0.25) is 0 Å². The average molecular weight is 435 g/mol. The molecule has 0 aromatic rings. The number of nitrogens with zero attached hydrogens (tertiary/aromatic N) is 3. The molecule has 0 aliphatic heterocycles. The number of rotatable bonds is 0. The molecular formula is H12N3O15Pr. The molecule has 0 aromatic heterocycles. The molecule has 120 valence electrons. The molecule has 0 amide bonds. The van der Waals surface area contributed by atoms with Gasteiger partial charge in [0.25, 0.3) is 0 Å². The van der Waals surface area contributed by atoms with Gasteiger partial charge in [-0.15, -0.1) is 0 Å². The Morgan fingerprint density at radius 1 is 0.421 bits per heavy atom. The molecule has 0 spiro atoms. The van der Waals surface area contributed by atoms with E-state index in [9.17, 15) is 0 Å². The summed E-state index contributed by atoms with van der Waals surface area (Å²) < 4.78 is 0. The maximum atomic E-state index is 8.25. The van der Waals surface area contributed by atoms with E-state index in [2.05, 4.69) is 0 Å². The van der Waals surface area contributed by atoms with Gasteiger partial charge >= 0.3 is 41.3 Å². The quantitative estimate of drug-likeness (QED) is 0.258. The molecule has 19 heavy (non-hydrogen) atoms. The van der Waals surface area contributed by atoms with Crippen molar-refractivity contribution in [3.63, 3.8) is 0 Å². The second kappa shape index (κ2) is 69.3. The summed E-state index contributed by atoms with van der Waals surface area (Å²) in [5, 5.41) is 44.2. The van der Waals surface area contributed by atoms with Crippen molar-refractivity contribution in [1.29, 1.82) is 0 Å². The smallest absolute Gasteiger partial charge is 0.412 e. The van der Waals surface area contributed by atoms with Crippen molar-refractivity contribution < 1.29 is 89.4 Å². The summed E-state index contributed by atoms with van der Waals surface area (Å²) in [6, 6.07) is 0. The van der Waals surface area contributed by atoms with Crippen LogP contribution in [0.3, 0.4) is 0 Å². The molecule has 18 nitrogen and oxygen atoms in total. The molecule has 0 aliphatic carbocycles. The van der Waals surface area contributed by atoms with Crippen LogP contribution in [0.4, 0.5) is 0 Å². The van der Waals surface area contributed by atoms with Gasteiger partial charge in [0.2, 0.25) is 0 Å². The monoisotopic (exact) mass is 435 g/mol. The first kappa shape index (κ1) is 83.1. The van der Waals surface area contributed by atoms with Gasteiger partial charge in [-0.3, -0.25) is 0 Å². The molecule has 0 unspecified atom stereocenters. The molecule has 0 aliphatic rings. The van der Waals surface area contributed by atoms with Gasteiger partial charge in [0.1, 0.15) is 0 Å². The van der Waals surface area contributed by atoms with E-state index in [4.69, 9.17) is 46.0 Å². The normalized spacial score (nSPS) is 3.79. The van der Waals surface area contributed by atoms with Crippen molar-refractivity contribution in [3.05, 3.63) is 46.0 Å². The van der Waals surface area contributed by atoms with Crippen LogP contribution in [0.15, 0.2) is 0 Å². The van der Waals surface area contributed by atoms with Crippen molar-refractivity contribution in [2.45, 2.75) is 0 Å². The summed E-state index contributed by atoms with van der Waals surface area (Å²) >= 11 is 0. The molecule has 0 saturated carbocycles. The van der Waals surface area contributed by atoms with Crippen LogP contribution in [-0.4, -0.2) is 48.1 Å². The molecule has 0 fully saturated rings. The summed E-state index contributed by atoms with van der Waals surface area (Å²) in [6.07, 6.45) is 0. The predicted octanol–water partition coefficient (Wildman–Crippen LogP) is -5.67. The first-order valence-electron chi connectivity index (χ1n) is 1.64. The maximum absolute atomic E-state index is 8.25. The van der Waals surface area contributed by atoms with Crippen molar-refractivity contribution >= 4 is 0 Å². The molecule has 12 N–H and O–H groups in total. The van der Waals surface area contributed by atoms with E-state index < -0.39 is 15.3 Å². The van der Waals surface area contributed by atoms with Crippen molar-refractivity contribution in [2.75, 3.05) is 0 Å². The zero-order chi connectivity index (χ0) is 10.7. The summed E-state index contributed by atoms with van der Waals surface area (Å²) in [4.78, 5) is 24.8. The molecule has 0 rings (SSSR count). The van der Waals surface area contributed by atoms with E-state index in [0.717, 1.165) is 0 Å². The number of hydrogen-bond donors (Lipinski definition) is 0. The molecule has 0 aromatic carbocycles. The molecule has 19 heteroatoms. The Hall–Kier alpha value is -1.28. The zero-order valence-electron chi connectivity index (χ0n) is 8.59. The predicted molar refractivity (Wildman–Crippen MR) is 52.8 cm³/mol. The Labute approximate surface area is 135 Å². The van der Waals surface area contributed by atoms with E-state index in [-0.39, 0.29) is 74.1 Å². The largest absolute Gasteiger partial charge is 3.00 e.